The second kappa shape index (κ2) is 8.63. The molecule has 0 aromatic heterocycles. The summed E-state index contributed by atoms with van der Waals surface area (Å²) in [6.07, 6.45) is -11.4. The molecule has 0 fully saturated rings. The summed E-state index contributed by atoms with van der Waals surface area (Å²) in [5, 5.41) is 7.09. The first kappa shape index (κ1) is 24.9. The molecule has 32 heavy (non-hydrogen) atoms. The quantitative estimate of drug-likeness (QED) is 0.320. The number of hydrogen-bond donors (Lipinski definition) is 2. The standard InChI is InChI=1S/C19H13F9N4/c20-16(18(23,24)25,17(21,22)19(26,27)28)13-5-7-14(8-6-13)31-10-32-15(30)12-3-1-11(9-29)2-4-12/h1-10,29H,(H2,30,31,32). The molecule has 0 bridgehead atoms. The molecule has 13 heteroatoms. The molecule has 172 valence electrons. The van der Waals surface area contributed by atoms with Gasteiger partial charge in [-0.25, -0.2) is 14.4 Å². The monoisotopic (exact) mass is 468 g/mol. The van der Waals surface area contributed by atoms with Crippen molar-refractivity contribution in [3.63, 3.8) is 0 Å². The van der Waals surface area contributed by atoms with Gasteiger partial charge in [0.05, 0.1) is 5.69 Å². The van der Waals surface area contributed by atoms with E-state index in [0.29, 0.717) is 23.3 Å². The highest BCUT2D eigenvalue weighted by atomic mass is 19.4. The van der Waals surface area contributed by atoms with Gasteiger partial charge in [0, 0.05) is 17.3 Å². The van der Waals surface area contributed by atoms with Crippen LogP contribution in [0.3, 0.4) is 0 Å². The molecule has 0 aliphatic heterocycles. The van der Waals surface area contributed by atoms with Crippen LogP contribution >= 0.6 is 0 Å². The van der Waals surface area contributed by atoms with Gasteiger partial charge in [0.25, 0.3) is 0 Å². The average Bonchev–Trinajstić information content (AvgIpc) is 2.72. The van der Waals surface area contributed by atoms with E-state index in [1.54, 1.807) is 24.3 Å². The molecule has 2 aromatic carbocycles. The highest BCUT2D eigenvalue weighted by Crippen LogP contribution is 2.58. The van der Waals surface area contributed by atoms with Gasteiger partial charge in [-0.05, 0) is 17.7 Å². The van der Waals surface area contributed by atoms with E-state index in [-0.39, 0.29) is 23.7 Å². The lowest BCUT2D eigenvalue weighted by molar-refractivity contribution is -0.389. The molecular weight excluding hydrogens is 455 g/mol. The van der Waals surface area contributed by atoms with Crippen LogP contribution in [-0.4, -0.2) is 36.7 Å². The predicted octanol–water partition coefficient (Wildman–Crippen LogP) is 5.67. The maximum atomic E-state index is 14.4. The number of rotatable bonds is 6. The van der Waals surface area contributed by atoms with Crippen LogP contribution in [-0.2, 0) is 5.67 Å². The SMILES string of the molecule is N=Cc1ccc(C(N)=NC=Nc2ccc(C(F)(C(F)(F)F)C(F)(F)C(F)(F)F)cc2)cc1. The molecule has 0 saturated heterocycles. The van der Waals surface area contributed by atoms with Crippen LogP contribution in [0.4, 0.5) is 45.2 Å². The van der Waals surface area contributed by atoms with Crippen LogP contribution < -0.4 is 5.73 Å². The van der Waals surface area contributed by atoms with Crippen LogP contribution in [0.25, 0.3) is 0 Å². The molecule has 3 N–H and O–H groups in total. The van der Waals surface area contributed by atoms with Crippen molar-refractivity contribution in [3.05, 3.63) is 65.2 Å². The molecule has 2 rings (SSSR count). The van der Waals surface area contributed by atoms with E-state index in [9.17, 15) is 39.5 Å². The van der Waals surface area contributed by atoms with E-state index >= 15 is 0 Å². The number of halogens is 9. The Bertz CT molecular complexity index is 1010. The van der Waals surface area contributed by atoms with Crippen molar-refractivity contribution in [1.82, 2.24) is 0 Å². The summed E-state index contributed by atoms with van der Waals surface area (Å²) < 4.78 is 118. The third-order valence-electron chi connectivity index (χ3n) is 4.22. The van der Waals surface area contributed by atoms with Gasteiger partial charge in [-0.2, -0.15) is 35.1 Å². The van der Waals surface area contributed by atoms with Crippen molar-refractivity contribution >= 4 is 24.1 Å². The van der Waals surface area contributed by atoms with E-state index in [1.165, 1.54) is 0 Å². The normalized spacial score (nSPS) is 15.6. The first-order valence-electron chi connectivity index (χ1n) is 8.42. The zero-order chi connectivity index (χ0) is 24.4. The molecule has 0 amide bonds. The third-order valence-corrected chi connectivity index (χ3v) is 4.22. The molecule has 1 atom stereocenters. The van der Waals surface area contributed by atoms with E-state index in [2.05, 4.69) is 9.98 Å². The Morgan fingerprint density at radius 2 is 1.31 bits per heavy atom. The summed E-state index contributed by atoms with van der Waals surface area (Å²) >= 11 is 0. The molecule has 4 nitrogen and oxygen atoms in total. The number of aliphatic imine (C=N–C) groups is 2. The highest BCUT2D eigenvalue weighted by molar-refractivity contribution is 6.01. The van der Waals surface area contributed by atoms with Gasteiger partial charge in [0.15, 0.2) is 0 Å². The van der Waals surface area contributed by atoms with Crippen LogP contribution in [0.2, 0.25) is 0 Å². The van der Waals surface area contributed by atoms with Crippen LogP contribution in [0, 0.1) is 5.41 Å². The van der Waals surface area contributed by atoms with Crippen LogP contribution in [0.1, 0.15) is 16.7 Å². The van der Waals surface area contributed by atoms with Crippen molar-refractivity contribution < 1.29 is 39.5 Å². The maximum Gasteiger partial charge on any atom is 0.457 e. The van der Waals surface area contributed by atoms with Crippen molar-refractivity contribution in [2.45, 2.75) is 23.9 Å². The summed E-state index contributed by atoms with van der Waals surface area (Å²) in [5.41, 5.74) is -1.43. The fraction of sp³-hybridized carbons (Fsp3) is 0.211. The van der Waals surface area contributed by atoms with Gasteiger partial charge in [0.2, 0.25) is 0 Å². The Kier molecular flexibility index (Phi) is 6.71. The summed E-state index contributed by atoms with van der Waals surface area (Å²) in [6.45, 7) is 0. The molecule has 0 aliphatic rings. The Labute approximate surface area is 174 Å². The highest BCUT2D eigenvalue weighted by Gasteiger charge is 2.81. The van der Waals surface area contributed by atoms with E-state index in [1.807, 2.05) is 0 Å². The van der Waals surface area contributed by atoms with Crippen molar-refractivity contribution in [1.29, 1.82) is 5.41 Å². The number of nitrogens with zero attached hydrogens (tertiary/aromatic N) is 2. The van der Waals surface area contributed by atoms with E-state index < -0.39 is 29.5 Å². The van der Waals surface area contributed by atoms with Crippen molar-refractivity contribution in [3.8, 4) is 0 Å². The summed E-state index contributed by atoms with van der Waals surface area (Å²) in [7, 11) is 0. The first-order chi connectivity index (χ1) is 14.6. The zero-order valence-electron chi connectivity index (χ0n) is 15.6. The molecule has 0 spiro atoms. The average molecular weight is 468 g/mol. The Hall–Kier alpha value is -3.38. The Balaban J connectivity index is 2.31. The van der Waals surface area contributed by atoms with Crippen LogP contribution in [0.15, 0.2) is 58.5 Å². The summed E-state index contributed by atoms with van der Waals surface area (Å²) in [6, 6.07) is 7.71. The third kappa shape index (κ3) is 4.60. The topological polar surface area (TPSA) is 74.6 Å². The fourth-order valence-corrected chi connectivity index (χ4v) is 2.48. The fourth-order valence-electron chi connectivity index (χ4n) is 2.48. The van der Waals surface area contributed by atoms with Gasteiger partial charge in [-0.15, -0.1) is 0 Å². The molecule has 0 heterocycles. The van der Waals surface area contributed by atoms with Crippen LogP contribution in [0.5, 0.6) is 0 Å². The number of benzene rings is 2. The van der Waals surface area contributed by atoms with Crippen molar-refractivity contribution in [2.24, 2.45) is 15.7 Å². The first-order valence-corrected chi connectivity index (χ1v) is 8.42. The number of nitrogens with two attached hydrogens (primary N) is 1. The predicted molar refractivity (Wildman–Crippen MR) is 99.5 cm³/mol. The second-order valence-electron chi connectivity index (χ2n) is 6.30. The zero-order valence-corrected chi connectivity index (χ0v) is 15.6. The Morgan fingerprint density at radius 1 is 0.781 bits per heavy atom. The van der Waals surface area contributed by atoms with Gasteiger partial charge >= 0.3 is 23.9 Å². The van der Waals surface area contributed by atoms with Gasteiger partial charge in [0.1, 0.15) is 12.2 Å². The minimum absolute atomic E-state index is 0.0356. The summed E-state index contributed by atoms with van der Waals surface area (Å²) in [4.78, 5) is 7.41. The Morgan fingerprint density at radius 3 is 1.75 bits per heavy atom. The number of hydrogen-bond acceptors (Lipinski definition) is 2. The van der Waals surface area contributed by atoms with Crippen molar-refractivity contribution in [2.75, 3.05) is 0 Å². The molecule has 2 aromatic rings. The van der Waals surface area contributed by atoms with Gasteiger partial charge < -0.3 is 11.1 Å². The minimum Gasteiger partial charge on any atom is -0.383 e. The largest absolute Gasteiger partial charge is 0.457 e. The smallest absolute Gasteiger partial charge is 0.383 e. The lowest BCUT2D eigenvalue weighted by Gasteiger charge is -2.36. The molecule has 0 saturated carbocycles. The molecular formula is C19H13F9N4. The van der Waals surface area contributed by atoms with E-state index in [0.717, 1.165) is 12.6 Å². The second-order valence-corrected chi connectivity index (χ2v) is 6.30. The number of alkyl halides is 9. The summed E-state index contributed by atoms with van der Waals surface area (Å²) in [5.74, 6) is -6.78. The van der Waals surface area contributed by atoms with Gasteiger partial charge in [-0.1, -0.05) is 36.4 Å². The lowest BCUT2D eigenvalue weighted by atomic mass is 9.87. The maximum absolute atomic E-state index is 14.4. The molecule has 0 radical (unpaired) electrons. The number of amidine groups is 1. The lowest BCUT2D eigenvalue weighted by Crippen LogP contribution is -2.59. The van der Waals surface area contributed by atoms with E-state index in [4.69, 9.17) is 11.1 Å². The number of nitrogens with one attached hydrogen (secondary N) is 1. The van der Waals surface area contributed by atoms with Gasteiger partial charge in [-0.3, -0.25) is 0 Å². The molecule has 1 unspecified atom stereocenters. The molecule has 0 aliphatic carbocycles. The minimum atomic E-state index is -6.79.